The third kappa shape index (κ3) is 4.08. The lowest BCUT2D eigenvalue weighted by atomic mass is 10.2. The molecule has 0 radical (unpaired) electrons. The van der Waals surface area contributed by atoms with Crippen LogP contribution in [0, 0.1) is 0 Å². The molecule has 0 saturated heterocycles. The van der Waals surface area contributed by atoms with E-state index >= 15 is 0 Å². The van der Waals surface area contributed by atoms with Crippen LogP contribution in [0.25, 0.3) is 10.9 Å². The fraction of sp³-hybridized carbons (Fsp3) is 0.250. The molecule has 0 fully saturated rings. The van der Waals surface area contributed by atoms with E-state index in [0.29, 0.717) is 39.6 Å². The summed E-state index contributed by atoms with van der Waals surface area (Å²) >= 11 is 0. The Labute approximate surface area is 166 Å². The molecule has 0 aliphatic carbocycles. The first-order valence-electron chi connectivity index (χ1n) is 8.63. The van der Waals surface area contributed by atoms with Crippen LogP contribution < -0.4 is 29.8 Å². The molecular formula is C20H21N3O6. The molecule has 1 amide bonds. The van der Waals surface area contributed by atoms with Crippen molar-refractivity contribution in [3.05, 3.63) is 47.0 Å². The number of rotatable bonds is 7. The monoisotopic (exact) mass is 399 g/mol. The predicted molar refractivity (Wildman–Crippen MR) is 107 cm³/mol. The third-order valence-corrected chi connectivity index (χ3v) is 4.32. The van der Waals surface area contributed by atoms with Crippen LogP contribution in [0.15, 0.2) is 41.5 Å². The second-order valence-electron chi connectivity index (χ2n) is 6.02. The summed E-state index contributed by atoms with van der Waals surface area (Å²) in [6, 6.07) is 8.19. The summed E-state index contributed by atoms with van der Waals surface area (Å²) in [5.41, 5.74) is 0.507. The maximum atomic E-state index is 12.8. The largest absolute Gasteiger partial charge is 0.497 e. The maximum Gasteiger partial charge on any atom is 0.261 e. The molecule has 1 aromatic heterocycles. The molecular weight excluding hydrogens is 378 g/mol. The van der Waals surface area contributed by atoms with Crippen molar-refractivity contribution < 1.29 is 23.7 Å². The highest BCUT2D eigenvalue weighted by Crippen LogP contribution is 2.30. The Balaban J connectivity index is 1.89. The second-order valence-corrected chi connectivity index (χ2v) is 6.02. The number of ether oxygens (including phenoxy) is 4. The first-order valence-corrected chi connectivity index (χ1v) is 8.63. The number of benzene rings is 2. The van der Waals surface area contributed by atoms with E-state index in [4.69, 9.17) is 18.9 Å². The molecule has 0 spiro atoms. The molecule has 0 unspecified atom stereocenters. The second kappa shape index (κ2) is 8.51. The molecule has 0 saturated carbocycles. The molecule has 0 bridgehead atoms. The fourth-order valence-corrected chi connectivity index (χ4v) is 2.85. The minimum atomic E-state index is -0.416. The van der Waals surface area contributed by atoms with Crippen LogP contribution in [0.5, 0.6) is 23.0 Å². The average Bonchev–Trinajstić information content (AvgIpc) is 2.74. The molecule has 152 valence electrons. The van der Waals surface area contributed by atoms with E-state index < -0.39 is 5.91 Å². The van der Waals surface area contributed by atoms with E-state index in [1.165, 1.54) is 39.3 Å². The number of methoxy groups -OCH3 is 4. The van der Waals surface area contributed by atoms with Gasteiger partial charge in [0.1, 0.15) is 18.0 Å². The summed E-state index contributed by atoms with van der Waals surface area (Å²) in [5.74, 6) is 1.49. The number of fused-ring (bicyclic) bond motifs is 1. The van der Waals surface area contributed by atoms with Gasteiger partial charge < -0.3 is 24.3 Å². The van der Waals surface area contributed by atoms with E-state index in [0.717, 1.165) is 0 Å². The molecule has 3 rings (SSSR count). The molecule has 0 aliphatic rings. The van der Waals surface area contributed by atoms with Crippen molar-refractivity contribution in [2.24, 2.45) is 0 Å². The zero-order chi connectivity index (χ0) is 21.0. The highest BCUT2D eigenvalue weighted by molar-refractivity contribution is 5.92. The number of carbonyl (C=O) groups excluding carboxylic acids is 1. The van der Waals surface area contributed by atoms with Crippen molar-refractivity contribution in [3.63, 3.8) is 0 Å². The van der Waals surface area contributed by atoms with Crippen LogP contribution in [-0.4, -0.2) is 43.9 Å². The van der Waals surface area contributed by atoms with Gasteiger partial charge in [-0.15, -0.1) is 0 Å². The average molecular weight is 399 g/mol. The summed E-state index contributed by atoms with van der Waals surface area (Å²) in [6.07, 6.45) is 1.32. The van der Waals surface area contributed by atoms with E-state index in [1.54, 1.807) is 30.3 Å². The predicted octanol–water partition coefficient (Wildman–Crippen LogP) is 2.07. The van der Waals surface area contributed by atoms with Gasteiger partial charge in [0.25, 0.3) is 5.56 Å². The molecule has 3 aromatic rings. The Kier molecular flexibility index (Phi) is 5.87. The molecule has 2 aromatic carbocycles. The van der Waals surface area contributed by atoms with Crippen molar-refractivity contribution in [1.29, 1.82) is 0 Å². The molecule has 0 aliphatic heterocycles. The summed E-state index contributed by atoms with van der Waals surface area (Å²) < 4.78 is 22.1. The Morgan fingerprint density at radius 2 is 1.66 bits per heavy atom. The molecule has 9 heteroatoms. The number of carbonyl (C=O) groups is 1. The summed E-state index contributed by atoms with van der Waals surface area (Å²) in [5, 5.41) is 3.04. The SMILES string of the molecule is COc1ccc(OC)c(NC(=O)Cn2cnc3cc(OC)c(OC)cc3c2=O)c1. The number of anilines is 1. The molecule has 1 N–H and O–H groups in total. The van der Waals surface area contributed by atoms with Crippen LogP contribution in [0.2, 0.25) is 0 Å². The van der Waals surface area contributed by atoms with Gasteiger partial charge in [0.15, 0.2) is 11.5 Å². The zero-order valence-corrected chi connectivity index (χ0v) is 16.5. The highest BCUT2D eigenvalue weighted by Gasteiger charge is 2.14. The normalized spacial score (nSPS) is 10.5. The van der Waals surface area contributed by atoms with Crippen LogP contribution in [-0.2, 0) is 11.3 Å². The quantitative estimate of drug-likeness (QED) is 0.649. The van der Waals surface area contributed by atoms with Gasteiger partial charge >= 0.3 is 0 Å². The van der Waals surface area contributed by atoms with E-state index in [9.17, 15) is 9.59 Å². The minimum absolute atomic E-state index is 0.226. The molecule has 1 heterocycles. The van der Waals surface area contributed by atoms with Crippen molar-refractivity contribution in [3.8, 4) is 23.0 Å². The molecule has 29 heavy (non-hydrogen) atoms. The summed E-state index contributed by atoms with van der Waals surface area (Å²) in [7, 11) is 6.00. The summed E-state index contributed by atoms with van der Waals surface area (Å²) in [4.78, 5) is 29.6. The van der Waals surface area contributed by atoms with Gasteiger partial charge in [-0.25, -0.2) is 4.98 Å². The van der Waals surface area contributed by atoms with Gasteiger partial charge in [0, 0.05) is 12.1 Å². The first kappa shape index (κ1) is 20.0. The van der Waals surface area contributed by atoms with Crippen molar-refractivity contribution in [2.45, 2.75) is 6.54 Å². The summed E-state index contributed by atoms with van der Waals surface area (Å²) in [6.45, 7) is -0.226. The number of nitrogens with one attached hydrogen (secondary N) is 1. The Morgan fingerprint density at radius 1 is 0.966 bits per heavy atom. The van der Waals surface area contributed by atoms with Crippen LogP contribution in [0.3, 0.4) is 0 Å². The van der Waals surface area contributed by atoms with Crippen molar-refractivity contribution >= 4 is 22.5 Å². The van der Waals surface area contributed by atoms with Crippen LogP contribution in [0.4, 0.5) is 5.69 Å². The fourth-order valence-electron chi connectivity index (χ4n) is 2.85. The van der Waals surface area contributed by atoms with Crippen LogP contribution in [0.1, 0.15) is 0 Å². The highest BCUT2D eigenvalue weighted by atomic mass is 16.5. The van der Waals surface area contributed by atoms with E-state index in [2.05, 4.69) is 10.3 Å². The standard InChI is InChI=1S/C20H21N3O6/c1-26-12-5-6-16(27-2)15(7-12)22-19(24)10-23-11-21-14-9-18(29-4)17(28-3)8-13(14)20(23)25/h5-9,11H,10H2,1-4H3,(H,22,24). The Morgan fingerprint density at radius 3 is 2.31 bits per heavy atom. The Hall–Kier alpha value is -3.75. The van der Waals surface area contributed by atoms with Gasteiger partial charge in [0.2, 0.25) is 5.91 Å². The lowest BCUT2D eigenvalue weighted by Crippen LogP contribution is -2.28. The molecule has 0 atom stereocenters. The molecule has 9 nitrogen and oxygen atoms in total. The van der Waals surface area contributed by atoms with E-state index in [1.807, 2.05) is 0 Å². The van der Waals surface area contributed by atoms with Gasteiger partial charge in [-0.2, -0.15) is 0 Å². The minimum Gasteiger partial charge on any atom is -0.497 e. The first-order chi connectivity index (χ1) is 14.0. The lowest BCUT2D eigenvalue weighted by Gasteiger charge is -2.13. The lowest BCUT2D eigenvalue weighted by molar-refractivity contribution is -0.116. The van der Waals surface area contributed by atoms with Crippen molar-refractivity contribution in [2.75, 3.05) is 33.8 Å². The number of amides is 1. The number of hydrogen-bond acceptors (Lipinski definition) is 7. The maximum absolute atomic E-state index is 12.8. The van der Waals surface area contributed by atoms with Crippen LogP contribution >= 0.6 is 0 Å². The number of hydrogen-bond donors (Lipinski definition) is 1. The van der Waals surface area contributed by atoms with Gasteiger partial charge in [-0.3, -0.25) is 14.2 Å². The van der Waals surface area contributed by atoms with Gasteiger partial charge in [0.05, 0.1) is 51.4 Å². The number of nitrogens with zero attached hydrogens (tertiary/aromatic N) is 2. The number of aromatic nitrogens is 2. The topological polar surface area (TPSA) is 101 Å². The smallest absolute Gasteiger partial charge is 0.261 e. The third-order valence-electron chi connectivity index (χ3n) is 4.32. The Bertz CT molecular complexity index is 1110. The van der Waals surface area contributed by atoms with Gasteiger partial charge in [-0.1, -0.05) is 0 Å². The van der Waals surface area contributed by atoms with Crippen molar-refractivity contribution in [1.82, 2.24) is 9.55 Å². The van der Waals surface area contributed by atoms with E-state index in [-0.39, 0.29) is 12.1 Å². The zero-order valence-electron chi connectivity index (χ0n) is 16.5. The van der Waals surface area contributed by atoms with Gasteiger partial charge in [-0.05, 0) is 18.2 Å².